The molecule has 0 aliphatic heterocycles. The van der Waals surface area contributed by atoms with Gasteiger partial charge in [-0.05, 0) is 18.1 Å². The summed E-state index contributed by atoms with van der Waals surface area (Å²) in [6.07, 6.45) is 0. The van der Waals surface area contributed by atoms with Crippen molar-refractivity contribution in [1.82, 2.24) is 0 Å². The first-order valence-corrected chi connectivity index (χ1v) is 4.54. The molecule has 0 aromatic heterocycles. The molecule has 1 N–H and O–H groups in total. The summed E-state index contributed by atoms with van der Waals surface area (Å²) in [7, 11) is 0. The zero-order chi connectivity index (χ0) is 9.97. The summed E-state index contributed by atoms with van der Waals surface area (Å²) in [4.78, 5) is 0. The fourth-order valence-electron chi connectivity index (χ4n) is 1.52. The van der Waals surface area contributed by atoms with E-state index < -0.39 is 0 Å². The summed E-state index contributed by atoms with van der Waals surface area (Å²) in [6.45, 7) is 2.03. The van der Waals surface area contributed by atoms with Crippen molar-refractivity contribution < 1.29 is 5.11 Å². The van der Waals surface area contributed by atoms with Crippen LogP contribution in [0.1, 0.15) is 5.56 Å². The fraction of sp³-hybridized carbons (Fsp3) is 0.0769. The minimum Gasteiger partial charge on any atom is -0.507 e. The van der Waals surface area contributed by atoms with E-state index in [2.05, 4.69) is 6.07 Å². The molecule has 0 aliphatic rings. The van der Waals surface area contributed by atoms with E-state index in [0.29, 0.717) is 0 Å². The van der Waals surface area contributed by atoms with Crippen LogP contribution in [0.4, 0.5) is 0 Å². The zero-order valence-electron chi connectivity index (χ0n) is 7.99. The van der Waals surface area contributed by atoms with E-state index in [1.807, 2.05) is 43.3 Å². The van der Waals surface area contributed by atoms with E-state index in [-0.39, 0.29) is 5.75 Å². The molecule has 2 aromatic carbocycles. The van der Waals surface area contributed by atoms with Crippen LogP contribution < -0.4 is 0 Å². The predicted octanol–water partition coefficient (Wildman–Crippen LogP) is 3.17. The Kier molecular flexibility index (Phi) is 2.23. The molecule has 0 saturated heterocycles. The topological polar surface area (TPSA) is 20.2 Å². The third-order valence-corrected chi connectivity index (χ3v) is 2.27. The largest absolute Gasteiger partial charge is 0.507 e. The predicted molar refractivity (Wildman–Crippen MR) is 57.1 cm³/mol. The molecule has 1 nitrogen and oxygen atoms in total. The van der Waals surface area contributed by atoms with Gasteiger partial charge in [-0.25, -0.2) is 0 Å². The molecule has 1 heteroatoms. The highest BCUT2D eigenvalue weighted by atomic mass is 16.3. The van der Waals surface area contributed by atoms with Gasteiger partial charge in [0.25, 0.3) is 0 Å². The number of hydrogen-bond donors (Lipinski definition) is 1. The van der Waals surface area contributed by atoms with Gasteiger partial charge in [-0.2, -0.15) is 0 Å². The first-order valence-electron chi connectivity index (χ1n) is 4.54. The van der Waals surface area contributed by atoms with E-state index >= 15 is 0 Å². The van der Waals surface area contributed by atoms with Crippen LogP contribution in [-0.4, -0.2) is 5.11 Å². The number of phenolic OH excluding ortho intramolecular Hbond substituents is 1. The summed E-state index contributed by atoms with van der Waals surface area (Å²) in [6, 6.07) is 16.2. The van der Waals surface area contributed by atoms with Crippen molar-refractivity contribution in [3.63, 3.8) is 0 Å². The average molecular weight is 183 g/mol. The molecule has 69 valence electrons. The minimum absolute atomic E-state index is 0.210. The van der Waals surface area contributed by atoms with Gasteiger partial charge in [0.2, 0.25) is 0 Å². The van der Waals surface area contributed by atoms with E-state index in [4.69, 9.17) is 0 Å². The Balaban J connectivity index is 2.61. The normalized spacial score (nSPS) is 10.1. The van der Waals surface area contributed by atoms with Crippen molar-refractivity contribution >= 4 is 0 Å². The molecule has 0 saturated carbocycles. The summed E-state index contributed by atoms with van der Waals surface area (Å²) in [5, 5.41) is 9.63. The number of aromatic hydroxyl groups is 1. The zero-order valence-corrected chi connectivity index (χ0v) is 7.99. The fourth-order valence-corrected chi connectivity index (χ4v) is 1.52. The summed E-state index contributed by atoms with van der Waals surface area (Å²) >= 11 is 0. The number of aryl methyl sites for hydroxylation is 1. The average Bonchev–Trinajstić information content (AvgIpc) is 2.20. The smallest absolute Gasteiger partial charge is 0.131 e. The molecule has 0 spiro atoms. The number of hydrogen-bond acceptors (Lipinski definition) is 1. The lowest BCUT2D eigenvalue weighted by molar-refractivity contribution is 0.476. The van der Waals surface area contributed by atoms with Crippen LogP contribution >= 0.6 is 0 Å². The molecule has 0 unspecified atom stereocenters. The van der Waals surface area contributed by atoms with Crippen LogP contribution in [0.25, 0.3) is 11.1 Å². The molecule has 0 atom stereocenters. The number of para-hydroxylation sites is 1. The molecule has 0 aliphatic carbocycles. The maximum Gasteiger partial charge on any atom is 0.131 e. The van der Waals surface area contributed by atoms with E-state index in [0.717, 1.165) is 16.7 Å². The third-order valence-electron chi connectivity index (χ3n) is 2.27. The van der Waals surface area contributed by atoms with Crippen LogP contribution in [0, 0.1) is 13.0 Å². The number of benzene rings is 2. The maximum atomic E-state index is 9.63. The summed E-state index contributed by atoms with van der Waals surface area (Å²) < 4.78 is 0. The lowest BCUT2D eigenvalue weighted by Gasteiger charge is -2.06. The Hall–Kier alpha value is -1.76. The Morgan fingerprint density at radius 2 is 1.71 bits per heavy atom. The lowest BCUT2D eigenvalue weighted by Crippen LogP contribution is -1.82. The van der Waals surface area contributed by atoms with Gasteiger partial charge in [0.05, 0.1) is 0 Å². The van der Waals surface area contributed by atoms with Gasteiger partial charge < -0.3 is 5.11 Å². The van der Waals surface area contributed by atoms with E-state index in [1.54, 1.807) is 6.07 Å². The van der Waals surface area contributed by atoms with E-state index in [1.165, 1.54) is 0 Å². The highest BCUT2D eigenvalue weighted by Gasteiger charge is 2.04. The van der Waals surface area contributed by atoms with Crippen molar-refractivity contribution in [2.45, 2.75) is 6.92 Å². The molecule has 2 rings (SSSR count). The van der Waals surface area contributed by atoms with Crippen LogP contribution in [0.15, 0.2) is 42.5 Å². The summed E-state index contributed by atoms with van der Waals surface area (Å²) in [5.41, 5.74) is 3.05. The molecule has 0 amide bonds. The van der Waals surface area contributed by atoms with Gasteiger partial charge in [0, 0.05) is 11.6 Å². The van der Waals surface area contributed by atoms with Gasteiger partial charge >= 0.3 is 0 Å². The first kappa shape index (κ1) is 8.82. The molecule has 2 aromatic rings. The summed E-state index contributed by atoms with van der Waals surface area (Å²) in [5.74, 6) is 0.210. The third kappa shape index (κ3) is 1.49. The van der Waals surface area contributed by atoms with Gasteiger partial charge in [-0.15, -0.1) is 0 Å². The molecular weight excluding hydrogens is 172 g/mol. The van der Waals surface area contributed by atoms with Crippen molar-refractivity contribution in [3.05, 3.63) is 54.1 Å². The van der Waals surface area contributed by atoms with Crippen molar-refractivity contribution in [3.8, 4) is 16.9 Å². The van der Waals surface area contributed by atoms with Crippen molar-refractivity contribution in [2.75, 3.05) is 0 Å². The molecule has 1 radical (unpaired) electrons. The maximum absolute atomic E-state index is 9.63. The first-order chi connectivity index (χ1) is 6.79. The molecule has 14 heavy (non-hydrogen) atoms. The van der Waals surface area contributed by atoms with Crippen LogP contribution in [0.3, 0.4) is 0 Å². The second kappa shape index (κ2) is 3.54. The molecular formula is C13H11O. The Morgan fingerprint density at radius 3 is 2.43 bits per heavy atom. The van der Waals surface area contributed by atoms with Crippen LogP contribution in [-0.2, 0) is 0 Å². The van der Waals surface area contributed by atoms with Crippen molar-refractivity contribution in [1.29, 1.82) is 0 Å². The highest BCUT2D eigenvalue weighted by molar-refractivity contribution is 5.72. The second-order valence-electron chi connectivity index (χ2n) is 3.25. The quantitative estimate of drug-likeness (QED) is 0.720. The lowest BCUT2D eigenvalue weighted by atomic mass is 10.0. The van der Waals surface area contributed by atoms with Crippen LogP contribution in [0.2, 0.25) is 0 Å². The standard InChI is InChI=1S/C13H11O/c1-10-6-2-3-7-11(10)12-8-4-5-9-13(12)14/h2-8,14H,1H3. The molecule has 0 bridgehead atoms. The monoisotopic (exact) mass is 183 g/mol. The molecule has 0 fully saturated rings. The number of rotatable bonds is 1. The Labute approximate surface area is 83.6 Å². The Bertz CT molecular complexity index is 403. The Morgan fingerprint density at radius 1 is 1.00 bits per heavy atom. The van der Waals surface area contributed by atoms with Crippen LogP contribution in [0.5, 0.6) is 5.75 Å². The van der Waals surface area contributed by atoms with Gasteiger partial charge in [-0.1, -0.05) is 42.5 Å². The second-order valence-corrected chi connectivity index (χ2v) is 3.25. The SMILES string of the molecule is Cc1ccccc1-c1ccc[c]c1O. The van der Waals surface area contributed by atoms with Gasteiger partial charge in [-0.3, -0.25) is 0 Å². The molecule has 0 heterocycles. The van der Waals surface area contributed by atoms with Crippen molar-refractivity contribution in [2.24, 2.45) is 0 Å². The highest BCUT2D eigenvalue weighted by Crippen LogP contribution is 2.30. The van der Waals surface area contributed by atoms with Gasteiger partial charge in [0.1, 0.15) is 5.75 Å². The van der Waals surface area contributed by atoms with E-state index in [9.17, 15) is 5.11 Å². The van der Waals surface area contributed by atoms with Gasteiger partial charge in [0.15, 0.2) is 0 Å². The minimum atomic E-state index is 0.210. The number of phenols is 1.